The number of para-hydroxylation sites is 1. The second-order valence-electron chi connectivity index (χ2n) is 7.53. The van der Waals surface area contributed by atoms with Crippen LogP contribution in [-0.2, 0) is 6.54 Å². The highest BCUT2D eigenvalue weighted by Crippen LogP contribution is 2.28. The van der Waals surface area contributed by atoms with Gasteiger partial charge in [-0.15, -0.1) is 0 Å². The molecule has 1 amide bonds. The summed E-state index contributed by atoms with van der Waals surface area (Å²) in [5, 5.41) is 12.2. The lowest BCUT2D eigenvalue weighted by Gasteiger charge is -2.13. The number of amides is 1. The van der Waals surface area contributed by atoms with E-state index >= 15 is 0 Å². The summed E-state index contributed by atoms with van der Waals surface area (Å²) in [6.07, 6.45) is 0. The highest BCUT2D eigenvalue weighted by molar-refractivity contribution is 5.94. The Bertz CT molecular complexity index is 1300. The first-order valence-electron chi connectivity index (χ1n) is 10.7. The van der Waals surface area contributed by atoms with Crippen molar-refractivity contribution in [3.8, 4) is 28.4 Å². The maximum Gasteiger partial charge on any atom is 0.335 e. The van der Waals surface area contributed by atoms with E-state index in [0.717, 1.165) is 22.4 Å². The van der Waals surface area contributed by atoms with Crippen molar-refractivity contribution in [1.29, 1.82) is 0 Å². The largest absolute Gasteiger partial charge is 0.496 e. The van der Waals surface area contributed by atoms with Gasteiger partial charge in [0, 0.05) is 17.7 Å². The van der Waals surface area contributed by atoms with Gasteiger partial charge < -0.3 is 19.9 Å². The number of carbonyl (C=O) groups excluding carboxylic acids is 1. The Hall–Kier alpha value is -4.58. The van der Waals surface area contributed by atoms with Gasteiger partial charge in [-0.1, -0.05) is 36.4 Å². The standard InChI is InChI=1S/C28H23NO5/c1-33-26-15-12-21(20-6-5-7-22(16-20)28(31)32)17-23(26)18-29-27(30)19-10-13-25(14-11-19)34-24-8-3-2-4-9-24/h2-17H,18H2,1H3,(H,29,30)(H,31,32). The predicted octanol–water partition coefficient (Wildman–Crippen LogP) is 5.78. The van der Waals surface area contributed by atoms with E-state index in [2.05, 4.69) is 5.32 Å². The summed E-state index contributed by atoms with van der Waals surface area (Å²) in [4.78, 5) is 24.0. The van der Waals surface area contributed by atoms with E-state index in [0.29, 0.717) is 17.1 Å². The van der Waals surface area contributed by atoms with Crippen molar-refractivity contribution in [3.63, 3.8) is 0 Å². The minimum atomic E-state index is -0.983. The number of carboxylic acids is 1. The number of nitrogens with one attached hydrogen (secondary N) is 1. The summed E-state index contributed by atoms with van der Waals surface area (Å²) < 4.78 is 11.2. The van der Waals surface area contributed by atoms with E-state index in [1.807, 2.05) is 48.5 Å². The molecule has 0 atom stereocenters. The first-order chi connectivity index (χ1) is 16.5. The quantitative estimate of drug-likeness (QED) is 0.353. The fraction of sp³-hybridized carbons (Fsp3) is 0.0714. The number of carboxylic acid groups (broad SMARTS) is 1. The third-order valence-corrected chi connectivity index (χ3v) is 5.26. The molecule has 0 unspecified atom stereocenters. The number of carbonyl (C=O) groups is 2. The average Bonchev–Trinajstić information content (AvgIpc) is 2.88. The molecule has 0 spiro atoms. The van der Waals surface area contributed by atoms with Gasteiger partial charge >= 0.3 is 5.97 Å². The molecule has 0 saturated carbocycles. The normalized spacial score (nSPS) is 10.4. The summed E-state index contributed by atoms with van der Waals surface area (Å²) in [6, 6.07) is 28.6. The number of hydrogen-bond donors (Lipinski definition) is 2. The highest BCUT2D eigenvalue weighted by Gasteiger charge is 2.11. The molecule has 0 radical (unpaired) electrons. The zero-order chi connectivity index (χ0) is 23.9. The third kappa shape index (κ3) is 5.42. The molecule has 0 bridgehead atoms. The lowest BCUT2D eigenvalue weighted by atomic mass is 10.0. The van der Waals surface area contributed by atoms with E-state index < -0.39 is 5.97 Å². The molecule has 0 aromatic heterocycles. The lowest BCUT2D eigenvalue weighted by Crippen LogP contribution is -2.23. The van der Waals surface area contributed by atoms with Crippen molar-refractivity contribution in [2.24, 2.45) is 0 Å². The lowest BCUT2D eigenvalue weighted by molar-refractivity contribution is 0.0696. The van der Waals surface area contributed by atoms with Crippen LogP contribution in [0.3, 0.4) is 0 Å². The SMILES string of the molecule is COc1ccc(-c2cccc(C(=O)O)c2)cc1CNC(=O)c1ccc(Oc2ccccc2)cc1. The van der Waals surface area contributed by atoms with Crippen LogP contribution in [0.5, 0.6) is 17.2 Å². The van der Waals surface area contributed by atoms with Crippen LogP contribution in [0.1, 0.15) is 26.3 Å². The number of benzene rings is 4. The van der Waals surface area contributed by atoms with Crippen molar-refractivity contribution in [1.82, 2.24) is 5.32 Å². The van der Waals surface area contributed by atoms with Crippen LogP contribution in [0.25, 0.3) is 11.1 Å². The minimum Gasteiger partial charge on any atom is -0.496 e. The minimum absolute atomic E-state index is 0.211. The van der Waals surface area contributed by atoms with E-state index in [-0.39, 0.29) is 18.0 Å². The first kappa shape index (κ1) is 22.6. The molecule has 0 fully saturated rings. The molecule has 4 aromatic carbocycles. The van der Waals surface area contributed by atoms with Gasteiger partial charge in [-0.25, -0.2) is 4.79 Å². The van der Waals surface area contributed by atoms with Gasteiger partial charge in [0.1, 0.15) is 17.2 Å². The van der Waals surface area contributed by atoms with E-state index in [9.17, 15) is 14.7 Å². The second kappa shape index (κ2) is 10.4. The van der Waals surface area contributed by atoms with Gasteiger partial charge in [-0.3, -0.25) is 4.79 Å². The molecule has 0 saturated heterocycles. The van der Waals surface area contributed by atoms with Gasteiger partial charge in [0.05, 0.1) is 12.7 Å². The fourth-order valence-electron chi connectivity index (χ4n) is 3.50. The zero-order valence-electron chi connectivity index (χ0n) is 18.5. The molecule has 6 heteroatoms. The van der Waals surface area contributed by atoms with Gasteiger partial charge in [0.15, 0.2) is 0 Å². The highest BCUT2D eigenvalue weighted by atomic mass is 16.5. The van der Waals surface area contributed by atoms with Crippen LogP contribution in [0.4, 0.5) is 0 Å². The third-order valence-electron chi connectivity index (χ3n) is 5.26. The zero-order valence-corrected chi connectivity index (χ0v) is 18.5. The topological polar surface area (TPSA) is 84.9 Å². The molecule has 0 aliphatic heterocycles. The maximum atomic E-state index is 12.7. The summed E-state index contributed by atoms with van der Waals surface area (Å²) in [5.41, 5.74) is 3.09. The number of rotatable bonds is 8. The van der Waals surface area contributed by atoms with E-state index in [1.165, 1.54) is 0 Å². The summed E-state index contributed by atoms with van der Waals surface area (Å²) in [5.74, 6) is 0.779. The van der Waals surface area contributed by atoms with Crippen molar-refractivity contribution in [2.45, 2.75) is 6.54 Å². The predicted molar refractivity (Wildman–Crippen MR) is 130 cm³/mol. The maximum absolute atomic E-state index is 12.7. The molecular formula is C28H23NO5. The molecule has 6 nitrogen and oxygen atoms in total. The van der Waals surface area contributed by atoms with Crippen molar-refractivity contribution >= 4 is 11.9 Å². The molecular weight excluding hydrogens is 430 g/mol. The van der Waals surface area contributed by atoms with Crippen molar-refractivity contribution < 1.29 is 24.2 Å². The van der Waals surface area contributed by atoms with Crippen LogP contribution in [0, 0.1) is 0 Å². The molecule has 4 rings (SSSR count). The van der Waals surface area contributed by atoms with Gasteiger partial charge in [0.2, 0.25) is 0 Å². The van der Waals surface area contributed by atoms with Crippen LogP contribution in [-0.4, -0.2) is 24.1 Å². The summed E-state index contributed by atoms with van der Waals surface area (Å²) >= 11 is 0. The van der Waals surface area contributed by atoms with Crippen LogP contribution >= 0.6 is 0 Å². The Labute approximate surface area is 197 Å². The van der Waals surface area contributed by atoms with Gasteiger partial charge in [-0.2, -0.15) is 0 Å². The molecule has 2 N–H and O–H groups in total. The van der Waals surface area contributed by atoms with Crippen molar-refractivity contribution in [3.05, 3.63) is 114 Å². The molecule has 170 valence electrons. The van der Waals surface area contributed by atoms with Crippen LogP contribution in [0.2, 0.25) is 0 Å². The van der Waals surface area contributed by atoms with Gasteiger partial charge in [0.25, 0.3) is 5.91 Å². The van der Waals surface area contributed by atoms with E-state index in [1.54, 1.807) is 55.6 Å². The van der Waals surface area contributed by atoms with Crippen LogP contribution < -0.4 is 14.8 Å². The average molecular weight is 453 g/mol. The fourth-order valence-corrected chi connectivity index (χ4v) is 3.50. The Balaban J connectivity index is 1.46. The first-order valence-corrected chi connectivity index (χ1v) is 10.7. The van der Waals surface area contributed by atoms with Crippen molar-refractivity contribution in [2.75, 3.05) is 7.11 Å². The number of ether oxygens (including phenoxy) is 2. The molecule has 0 aliphatic rings. The Kier molecular flexibility index (Phi) is 6.89. The summed E-state index contributed by atoms with van der Waals surface area (Å²) in [7, 11) is 1.57. The number of hydrogen-bond acceptors (Lipinski definition) is 4. The Morgan fingerprint density at radius 2 is 1.47 bits per heavy atom. The van der Waals surface area contributed by atoms with Gasteiger partial charge in [-0.05, 0) is 71.8 Å². The monoisotopic (exact) mass is 453 g/mol. The Morgan fingerprint density at radius 3 is 2.18 bits per heavy atom. The molecule has 0 heterocycles. The molecule has 34 heavy (non-hydrogen) atoms. The second-order valence-corrected chi connectivity index (χ2v) is 7.53. The summed E-state index contributed by atoms with van der Waals surface area (Å²) in [6.45, 7) is 0.247. The van der Waals surface area contributed by atoms with E-state index in [4.69, 9.17) is 9.47 Å². The van der Waals surface area contributed by atoms with Crippen LogP contribution in [0.15, 0.2) is 97.1 Å². The molecule has 4 aromatic rings. The molecule has 0 aliphatic carbocycles. The Morgan fingerprint density at radius 1 is 0.765 bits per heavy atom. The number of methoxy groups -OCH3 is 1. The smallest absolute Gasteiger partial charge is 0.335 e. The number of aromatic carboxylic acids is 1.